The molecular weight excluding hydrogens is 224 g/mol. The van der Waals surface area contributed by atoms with Crippen LogP contribution in [0.2, 0.25) is 0 Å². The fourth-order valence-electron chi connectivity index (χ4n) is 2.12. The highest BCUT2D eigenvalue weighted by Gasteiger charge is 2.33. The van der Waals surface area contributed by atoms with Crippen LogP contribution in [0.25, 0.3) is 0 Å². The molecule has 1 unspecified atom stereocenters. The highest BCUT2D eigenvalue weighted by atomic mass is 32.2. The molecule has 5 heteroatoms. The molecule has 0 radical (unpaired) electrons. The van der Waals surface area contributed by atoms with Gasteiger partial charge in [-0.3, -0.25) is 0 Å². The summed E-state index contributed by atoms with van der Waals surface area (Å²) in [4.78, 5) is 0. The molecule has 1 aliphatic heterocycles. The van der Waals surface area contributed by atoms with Crippen molar-refractivity contribution < 1.29 is 8.42 Å². The first-order valence-corrected chi connectivity index (χ1v) is 7.45. The average molecular weight is 244 g/mol. The number of nitrogens with zero attached hydrogens (tertiary/aromatic N) is 2. The average Bonchev–Trinajstić information content (AvgIpc) is 2.30. The number of piperidine rings is 1. The number of sulfonamides is 1. The van der Waals surface area contributed by atoms with Crippen LogP contribution in [0, 0.1) is 17.2 Å². The summed E-state index contributed by atoms with van der Waals surface area (Å²) in [6.07, 6.45) is 3.34. The van der Waals surface area contributed by atoms with Gasteiger partial charge in [-0.05, 0) is 25.2 Å². The zero-order valence-electron chi connectivity index (χ0n) is 10.0. The molecule has 1 atom stereocenters. The number of hydrogen-bond acceptors (Lipinski definition) is 3. The van der Waals surface area contributed by atoms with Gasteiger partial charge in [-0.15, -0.1) is 0 Å². The summed E-state index contributed by atoms with van der Waals surface area (Å²) in [5.41, 5.74) is 0. The quantitative estimate of drug-likeness (QED) is 0.756. The zero-order valence-corrected chi connectivity index (χ0v) is 10.8. The lowest BCUT2D eigenvalue weighted by Gasteiger charge is -2.31. The lowest BCUT2D eigenvalue weighted by atomic mass is 9.96. The lowest BCUT2D eigenvalue weighted by Crippen LogP contribution is -2.42. The molecule has 0 aliphatic carbocycles. The molecule has 0 bridgehead atoms. The van der Waals surface area contributed by atoms with Gasteiger partial charge in [0.05, 0.1) is 6.07 Å². The Bertz CT molecular complexity index is 351. The van der Waals surface area contributed by atoms with Gasteiger partial charge in [0.15, 0.2) is 5.25 Å². The van der Waals surface area contributed by atoms with Crippen molar-refractivity contribution in [1.29, 1.82) is 5.26 Å². The maximum atomic E-state index is 12.0. The molecule has 92 valence electrons. The second kappa shape index (κ2) is 5.65. The molecule has 0 spiro atoms. The molecule has 0 aromatic carbocycles. The first-order chi connectivity index (χ1) is 7.56. The summed E-state index contributed by atoms with van der Waals surface area (Å²) in [5.74, 6) is 0.647. The molecule has 0 amide bonds. The van der Waals surface area contributed by atoms with Gasteiger partial charge in [-0.1, -0.05) is 20.3 Å². The summed E-state index contributed by atoms with van der Waals surface area (Å²) < 4.78 is 25.6. The van der Waals surface area contributed by atoms with E-state index in [0.29, 0.717) is 25.4 Å². The maximum Gasteiger partial charge on any atom is 0.230 e. The second-order valence-corrected chi connectivity index (χ2v) is 6.44. The summed E-state index contributed by atoms with van der Waals surface area (Å²) in [7, 11) is -3.38. The van der Waals surface area contributed by atoms with Gasteiger partial charge in [0, 0.05) is 13.1 Å². The van der Waals surface area contributed by atoms with Gasteiger partial charge in [0.1, 0.15) is 0 Å². The Kier molecular flexibility index (Phi) is 4.75. The molecule has 1 aliphatic rings. The molecule has 4 nitrogen and oxygen atoms in total. The summed E-state index contributed by atoms with van der Waals surface area (Å²) in [6.45, 7) is 5.04. The Morgan fingerprint density at radius 3 is 2.31 bits per heavy atom. The molecule has 1 fully saturated rings. The fraction of sp³-hybridized carbons (Fsp3) is 0.909. The van der Waals surface area contributed by atoms with Gasteiger partial charge in [-0.25, -0.2) is 12.7 Å². The van der Waals surface area contributed by atoms with E-state index in [1.165, 1.54) is 4.31 Å². The van der Waals surface area contributed by atoms with Crippen LogP contribution in [-0.2, 0) is 10.0 Å². The Labute approximate surface area is 98.3 Å². The first-order valence-electron chi connectivity index (χ1n) is 5.94. The molecule has 16 heavy (non-hydrogen) atoms. The van der Waals surface area contributed by atoms with E-state index in [9.17, 15) is 8.42 Å². The Morgan fingerprint density at radius 2 is 1.94 bits per heavy atom. The zero-order chi connectivity index (χ0) is 12.2. The normalized spacial score (nSPS) is 21.6. The van der Waals surface area contributed by atoms with E-state index in [1.54, 1.807) is 6.92 Å². The maximum absolute atomic E-state index is 12.0. The SMILES string of the molecule is CCC1CCN(S(=O)(=O)C(C#N)CC)CC1. The summed E-state index contributed by atoms with van der Waals surface area (Å²) in [5, 5.41) is 7.96. The minimum Gasteiger partial charge on any atom is -0.211 e. The van der Waals surface area contributed by atoms with Crippen molar-refractivity contribution in [2.75, 3.05) is 13.1 Å². The smallest absolute Gasteiger partial charge is 0.211 e. The Hall–Kier alpha value is -0.600. The van der Waals surface area contributed by atoms with Gasteiger partial charge in [-0.2, -0.15) is 5.26 Å². The fourth-order valence-corrected chi connectivity index (χ4v) is 3.75. The molecule has 1 saturated heterocycles. The Balaban J connectivity index is 2.69. The molecular formula is C11H20N2O2S. The lowest BCUT2D eigenvalue weighted by molar-refractivity contribution is 0.268. The van der Waals surface area contributed by atoms with Gasteiger partial charge in [0.2, 0.25) is 10.0 Å². The first kappa shape index (κ1) is 13.5. The van der Waals surface area contributed by atoms with Crippen LogP contribution in [0.3, 0.4) is 0 Å². The van der Waals surface area contributed by atoms with Crippen molar-refractivity contribution in [3.05, 3.63) is 0 Å². The van der Waals surface area contributed by atoms with Crippen LogP contribution in [0.5, 0.6) is 0 Å². The molecule has 0 N–H and O–H groups in total. The van der Waals surface area contributed by atoms with E-state index < -0.39 is 15.3 Å². The number of rotatable bonds is 4. The Morgan fingerprint density at radius 1 is 1.38 bits per heavy atom. The van der Waals surface area contributed by atoms with Crippen molar-refractivity contribution in [2.24, 2.45) is 5.92 Å². The number of nitriles is 1. The van der Waals surface area contributed by atoms with Crippen LogP contribution in [-0.4, -0.2) is 31.1 Å². The highest BCUT2D eigenvalue weighted by molar-refractivity contribution is 7.90. The van der Waals surface area contributed by atoms with Crippen LogP contribution < -0.4 is 0 Å². The van der Waals surface area contributed by atoms with Gasteiger partial charge >= 0.3 is 0 Å². The molecule has 0 saturated carbocycles. The minimum absolute atomic E-state index is 0.368. The second-order valence-electron chi connectivity index (χ2n) is 4.32. The van der Waals surface area contributed by atoms with Crippen molar-refractivity contribution in [1.82, 2.24) is 4.31 Å². The molecule has 1 rings (SSSR count). The predicted octanol–water partition coefficient (Wildman–Crippen LogP) is 1.74. The van der Waals surface area contributed by atoms with Crippen molar-refractivity contribution in [3.63, 3.8) is 0 Å². The molecule has 0 aromatic rings. The largest absolute Gasteiger partial charge is 0.230 e. The van der Waals surface area contributed by atoms with E-state index in [-0.39, 0.29) is 0 Å². The van der Waals surface area contributed by atoms with Crippen LogP contribution in [0.1, 0.15) is 39.5 Å². The van der Waals surface area contributed by atoms with Crippen molar-refractivity contribution >= 4 is 10.0 Å². The van der Waals surface area contributed by atoms with Crippen LogP contribution in [0.15, 0.2) is 0 Å². The van der Waals surface area contributed by atoms with E-state index in [2.05, 4.69) is 6.92 Å². The summed E-state index contributed by atoms with van der Waals surface area (Å²) >= 11 is 0. The van der Waals surface area contributed by atoms with E-state index >= 15 is 0 Å². The van der Waals surface area contributed by atoms with E-state index in [1.807, 2.05) is 6.07 Å². The third kappa shape index (κ3) is 2.74. The standard InChI is InChI=1S/C11H20N2O2S/c1-3-10-5-7-13(8-6-10)16(14,15)11(4-2)9-12/h10-11H,3-8H2,1-2H3. The third-order valence-corrected chi connectivity index (χ3v) is 5.63. The van der Waals surface area contributed by atoms with Gasteiger partial charge in [0.25, 0.3) is 0 Å². The minimum atomic E-state index is -3.38. The van der Waals surface area contributed by atoms with Crippen LogP contribution in [0.4, 0.5) is 0 Å². The van der Waals surface area contributed by atoms with Crippen LogP contribution >= 0.6 is 0 Å². The highest BCUT2D eigenvalue weighted by Crippen LogP contribution is 2.24. The molecule has 0 aromatic heterocycles. The monoisotopic (exact) mass is 244 g/mol. The van der Waals surface area contributed by atoms with E-state index in [0.717, 1.165) is 19.3 Å². The van der Waals surface area contributed by atoms with Crippen molar-refractivity contribution in [2.45, 2.75) is 44.8 Å². The van der Waals surface area contributed by atoms with Gasteiger partial charge < -0.3 is 0 Å². The topological polar surface area (TPSA) is 61.2 Å². The number of hydrogen-bond donors (Lipinski definition) is 0. The molecule has 1 heterocycles. The predicted molar refractivity (Wildman–Crippen MR) is 63.2 cm³/mol. The third-order valence-electron chi connectivity index (χ3n) is 3.39. The van der Waals surface area contributed by atoms with Crippen molar-refractivity contribution in [3.8, 4) is 6.07 Å². The van der Waals surface area contributed by atoms with E-state index in [4.69, 9.17) is 5.26 Å². The summed E-state index contributed by atoms with van der Waals surface area (Å²) in [6, 6.07) is 1.88.